The number of alkyl carbamates (subject to hydrolysis) is 1. The van der Waals surface area contributed by atoms with Crippen LogP contribution in [-0.4, -0.2) is 36.5 Å². The van der Waals surface area contributed by atoms with Gasteiger partial charge in [0.25, 0.3) is 0 Å². The standard InChI is InChI=1S/C19H26N2O3/c1-3-13-21(2)18(22)16-11-7-8-12-17(16)20-19(23)24-14-15-9-5-4-6-10-15/h3-6,9-10,16-17H,1,7-8,11-14H2,2H3,(H,20,23)/t16-,17+/m1/s1. The van der Waals surface area contributed by atoms with Crippen LogP contribution in [0, 0.1) is 5.92 Å². The fourth-order valence-electron chi connectivity index (χ4n) is 3.08. The summed E-state index contributed by atoms with van der Waals surface area (Å²) in [5, 5.41) is 2.88. The van der Waals surface area contributed by atoms with E-state index in [4.69, 9.17) is 4.74 Å². The van der Waals surface area contributed by atoms with E-state index in [-0.39, 0.29) is 24.5 Å². The fraction of sp³-hybridized carbons (Fsp3) is 0.474. The number of amides is 2. The van der Waals surface area contributed by atoms with E-state index in [0.717, 1.165) is 31.2 Å². The topological polar surface area (TPSA) is 58.6 Å². The second-order valence-corrected chi connectivity index (χ2v) is 6.21. The van der Waals surface area contributed by atoms with Crippen molar-refractivity contribution in [3.8, 4) is 0 Å². The molecule has 0 spiro atoms. The minimum absolute atomic E-state index is 0.0583. The highest BCUT2D eigenvalue weighted by Crippen LogP contribution is 2.26. The van der Waals surface area contributed by atoms with Crippen LogP contribution in [0.4, 0.5) is 4.79 Å². The minimum atomic E-state index is -0.463. The van der Waals surface area contributed by atoms with E-state index >= 15 is 0 Å². The third-order valence-electron chi connectivity index (χ3n) is 4.38. The molecule has 0 saturated heterocycles. The lowest BCUT2D eigenvalue weighted by atomic mass is 9.83. The van der Waals surface area contributed by atoms with Gasteiger partial charge in [0, 0.05) is 19.6 Å². The number of ether oxygens (including phenoxy) is 1. The zero-order valence-electron chi connectivity index (χ0n) is 14.2. The van der Waals surface area contributed by atoms with Gasteiger partial charge in [-0.15, -0.1) is 6.58 Å². The smallest absolute Gasteiger partial charge is 0.407 e. The van der Waals surface area contributed by atoms with Crippen LogP contribution in [-0.2, 0) is 16.1 Å². The Bertz CT molecular complexity index is 559. The van der Waals surface area contributed by atoms with Crippen LogP contribution in [0.25, 0.3) is 0 Å². The van der Waals surface area contributed by atoms with Crippen molar-refractivity contribution in [1.29, 1.82) is 0 Å². The maximum Gasteiger partial charge on any atom is 0.407 e. The molecular weight excluding hydrogens is 304 g/mol. The summed E-state index contributed by atoms with van der Waals surface area (Å²) in [5.74, 6) is -0.129. The molecule has 1 aromatic rings. The number of rotatable bonds is 6. The molecule has 0 aliphatic heterocycles. The van der Waals surface area contributed by atoms with Crippen molar-refractivity contribution in [1.82, 2.24) is 10.2 Å². The molecule has 5 nitrogen and oxygen atoms in total. The number of benzene rings is 1. The van der Waals surface area contributed by atoms with Crippen LogP contribution < -0.4 is 5.32 Å². The lowest BCUT2D eigenvalue weighted by Gasteiger charge is -2.33. The number of nitrogens with zero attached hydrogens (tertiary/aromatic N) is 1. The largest absolute Gasteiger partial charge is 0.445 e. The molecule has 0 bridgehead atoms. The summed E-state index contributed by atoms with van der Waals surface area (Å²) in [6.45, 7) is 4.41. The molecule has 0 radical (unpaired) electrons. The molecule has 1 N–H and O–H groups in total. The molecule has 1 aromatic carbocycles. The maximum atomic E-state index is 12.5. The summed E-state index contributed by atoms with van der Waals surface area (Å²) in [5.41, 5.74) is 0.939. The molecule has 2 atom stereocenters. The van der Waals surface area contributed by atoms with Gasteiger partial charge < -0.3 is 15.0 Å². The first-order valence-electron chi connectivity index (χ1n) is 8.45. The average molecular weight is 330 g/mol. The normalized spacial score (nSPS) is 20.0. The predicted molar refractivity (Wildman–Crippen MR) is 93.3 cm³/mol. The molecule has 0 heterocycles. The molecule has 0 aromatic heterocycles. The van der Waals surface area contributed by atoms with Crippen LogP contribution in [0.1, 0.15) is 31.2 Å². The highest BCUT2D eigenvalue weighted by Gasteiger charge is 2.33. The second kappa shape index (κ2) is 9.11. The molecular formula is C19H26N2O3. The van der Waals surface area contributed by atoms with Crippen molar-refractivity contribution in [3.05, 3.63) is 48.6 Å². The van der Waals surface area contributed by atoms with Gasteiger partial charge in [-0.2, -0.15) is 0 Å². The van der Waals surface area contributed by atoms with E-state index < -0.39 is 6.09 Å². The first kappa shape index (κ1) is 18.0. The maximum absolute atomic E-state index is 12.5. The van der Waals surface area contributed by atoms with Gasteiger partial charge in [-0.25, -0.2) is 4.79 Å². The van der Waals surface area contributed by atoms with Gasteiger partial charge in [-0.1, -0.05) is 49.2 Å². The SMILES string of the molecule is C=CCN(C)C(=O)[C@@H]1CCCC[C@@H]1NC(=O)OCc1ccccc1. The van der Waals surface area contributed by atoms with Crippen molar-refractivity contribution in [2.45, 2.75) is 38.3 Å². The van der Waals surface area contributed by atoms with Gasteiger partial charge in [0.15, 0.2) is 0 Å². The summed E-state index contributed by atoms with van der Waals surface area (Å²) in [6, 6.07) is 9.38. The van der Waals surface area contributed by atoms with Crippen LogP contribution in [0.3, 0.4) is 0 Å². The summed E-state index contributed by atoms with van der Waals surface area (Å²) in [6.07, 6.45) is 4.86. The Morgan fingerprint density at radius 3 is 2.71 bits per heavy atom. The summed E-state index contributed by atoms with van der Waals surface area (Å²) in [4.78, 5) is 26.3. The zero-order valence-corrected chi connectivity index (χ0v) is 14.2. The lowest BCUT2D eigenvalue weighted by molar-refractivity contribution is -0.135. The summed E-state index contributed by atoms with van der Waals surface area (Å²) < 4.78 is 5.28. The second-order valence-electron chi connectivity index (χ2n) is 6.21. The number of nitrogens with one attached hydrogen (secondary N) is 1. The Balaban J connectivity index is 1.89. The van der Waals surface area contributed by atoms with Gasteiger partial charge in [-0.05, 0) is 18.4 Å². The van der Waals surface area contributed by atoms with Gasteiger partial charge in [-0.3, -0.25) is 4.79 Å². The lowest BCUT2D eigenvalue weighted by Crippen LogP contribution is -2.48. The van der Waals surface area contributed by atoms with Gasteiger partial charge in [0.2, 0.25) is 5.91 Å². The van der Waals surface area contributed by atoms with E-state index in [0.29, 0.717) is 6.54 Å². The van der Waals surface area contributed by atoms with Crippen molar-refractivity contribution in [2.75, 3.05) is 13.6 Å². The van der Waals surface area contributed by atoms with Gasteiger partial charge in [0.05, 0.1) is 5.92 Å². The van der Waals surface area contributed by atoms with Crippen LogP contribution in [0.15, 0.2) is 43.0 Å². The van der Waals surface area contributed by atoms with Crippen molar-refractivity contribution in [2.24, 2.45) is 5.92 Å². The minimum Gasteiger partial charge on any atom is -0.445 e. The molecule has 1 aliphatic carbocycles. The number of hydrogen-bond acceptors (Lipinski definition) is 3. The van der Waals surface area contributed by atoms with Crippen LogP contribution in [0.5, 0.6) is 0 Å². The Morgan fingerprint density at radius 2 is 2.00 bits per heavy atom. The van der Waals surface area contributed by atoms with Crippen molar-refractivity contribution in [3.63, 3.8) is 0 Å². The summed E-state index contributed by atoms with van der Waals surface area (Å²) >= 11 is 0. The average Bonchev–Trinajstić information content (AvgIpc) is 2.61. The summed E-state index contributed by atoms with van der Waals surface area (Å²) in [7, 11) is 1.77. The monoisotopic (exact) mass is 330 g/mol. The van der Waals surface area contributed by atoms with Gasteiger partial charge >= 0.3 is 6.09 Å². The van der Waals surface area contributed by atoms with Crippen LogP contribution in [0.2, 0.25) is 0 Å². The third kappa shape index (κ3) is 5.11. The predicted octanol–water partition coefficient (Wildman–Crippen LogP) is 3.12. The molecule has 1 aliphatic rings. The first-order valence-corrected chi connectivity index (χ1v) is 8.45. The quantitative estimate of drug-likeness (QED) is 0.815. The van der Waals surface area contributed by atoms with E-state index in [2.05, 4.69) is 11.9 Å². The molecule has 2 rings (SSSR count). The molecule has 2 amide bonds. The van der Waals surface area contributed by atoms with E-state index in [1.54, 1.807) is 18.0 Å². The highest BCUT2D eigenvalue weighted by molar-refractivity contribution is 5.80. The Kier molecular flexibility index (Phi) is 6.85. The van der Waals surface area contributed by atoms with Crippen molar-refractivity contribution >= 4 is 12.0 Å². The van der Waals surface area contributed by atoms with Gasteiger partial charge in [0.1, 0.15) is 6.61 Å². The van der Waals surface area contributed by atoms with E-state index in [9.17, 15) is 9.59 Å². The van der Waals surface area contributed by atoms with E-state index in [1.807, 2.05) is 30.3 Å². The molecule has 1 saturated carbocycles. The number of carbonyl (C=O) groups excluding carboxylic acids is 2. The number of likely N-dealkylation sites (N-methyl/N-ethyl adjacent to an activating group) is 1. The van der Waals surface area contributed by atoms with E-state index in [1.165, 1.54) is 0 Å². The Hall–Kier alpha value is -2.30. The highest BCUT2D eigenvalue weighted by atomic mass is 16.5. The Labute approximate surface area is 143 Å². The zero-order chi connectivity index (χ0) is 17.4. The third-order valence-corrected chi connectivity index (χ3v) is 4.38. The molecule has 130 valence electrons. The number of carbonyl (C=O) groups is 2. The number of hydrogen-bond donors (Lipinski definition) is 1. The Morgan fingerprint density at radius 1 is 1.29 bits per heavy atom. The van der Waals surface area contributed by atoms with Crippen LogP contribution >= 0.6 is 0 Å². The van der Waals surface area contributed by atoms with Crippen molar-refractivity contribution < 1.29 is 14.3 Å². The molecule has 0 unspecified atom stereocenters. The molecule has 1 fully saturated rings. The molecule has 5 heteroatoms. The first-order chi connectivity index (χ1) is 11.6. The molecule has 24 heavy (non-hydrogen) atoms. The fourth-order valence-corrected chi connectivity index (χ4v) is 3.08.